The van der Waals surface area contributed by atoms with Crippen molar-refractivity contribution < 1.29 is 9.15 Å². The zero-order chi connectivity index (χ0) is 9.52. The number of furan rings is 1. The van der Waals surface area contributed by atoms with Gasteiger partial charge in [-0.15, -0.1) is 0 Å². The molecule has 0 aliphatic carbocycles. The fourth-order valence-corrected chi connectivity index (χ4v) is 1.06. The van der Waals surface area contributed by atoms with Gasteiger partial charge in [-0.3, -0.25) is 11.3 Å². The van der Waals surface area contributed by atoms with Gasteiger partial charge in [0.05, 0.1) is 25.2 Å². The van der Waals surface area contributed by atoms with E-state index in [1.807, 2.05) is 6.07 Å². The molecule has 1 unspecified atom stereocenters. The van der Waals surface area contributed by atoms with Crippen molar-refractivity contribution in [2.75, 3.05) is 13.2 Å². The molecule has 4 nitrogen and oxygen atoms in total. The normalized spacial score (nSPS) is 13.1. The van der Waals surface area contributed by atoms with Crippen LogP contribution in [0.3, 0.4) is 0 Å². The van der Waals surface area contributed by atoms with Gasteiger partial charge in [-0.1, -0.05) is 6.92 Å². The lowest BCUT2D eigenvalue weighted by Gasteiger charge is -2.13. The van der Waals surface area contributed by atoms with Gasteiger partial charge < -0.3 is 9.15 Å². The number of hydrogen-bond donors (Lipinski definition) is 2. The molecule has 1 heterocycles. The monoisotopic (exact) mass is 184 g/mol. The Labute approximate surface area is 78.0 Å². The van der Waals surface area contributed by atoms with Crippen molar-refractivity contribution in [3.63, 3.8) is 0 Å². The second-order valence-electron chi connectivity index (χ2n) is 2.85. The molecule has 0 aromatic carbocycles. The molecule has 0 radical (unpaired) electrons. The molecule has 0 saturated heterocycles. The van der Waals surface area contributed by atoms with Crippen LogP contribution in [0.25, 0.3) is 0 Å². The van der Waals surface area contributed by atoms with E-state index in [1.165, 1.54) is 0 Å². The fourth-order valence-electron chi connectivity index (χ4n) is 1.06. The number of nitrogens with one attached hydrogen (secondary N) is 1. The summed E-state index contributed by atoms with van der Waals surface area (Å²) in [4.78, 5) is 0. The predicted molar refractivity (Wildman–Crippen MR) is 49.9 cm³/mol. The fraction of sp³-hybridized carbons (Fsp3) is 0.556. The maximum Gasteiger partial charge on any atom is 0.0951 e. The number of hydrogen-bond acceptors (Lipinski definition) is 4. The van der Waals surface area contributed by atoms with Gasteiger partial charge in [0, 0.05) is 12.2 Å². The number of hydrazine groups is 1. The SMILES string of the molecule is CCCOCC(NN)c1ccoc1. The van der Waals surface area contributed by atoms with Gasteiger partial charge in [-0.2, -0.15) is 0 Å². The Bertz CT molecular complexity index is 211. The summed E-state index contributed by atoms with van der Waals surface area (Å²) in [5.41, 5.74) is 3.69. The first-order valence-corrected chi connectivity index (χ1v) is 4.44. The van der Waals surface area contributed by atoms with E-state index in [1.54, 1.807) is 12.5 Å². The van der Waals surface area contributed by atoms with Gasteiger partial charge in [0.1, 0.15) is 0 Å². The Morgan fingerprint density at radius 3 is 3.08 bits per heavy atom. The van der Waals surface area contributed by atoms with E-state index in [0.29, 0.717) is 6.61 Å². The Hall–Kier alpha value is -0.840. The van der Waals surface area contributed by atoms with E-state index in [4.69, 9.17) is 15.0 Å². The number of ether oxygens (including phenoxy) is 1. The summed E-state index contributed by atoms with van der Waals surface area (Å²) in [5.74, 6) is 5.37. The van der Waals surface area contributed by atoms with Crippen LogP contribution in [0.2, 0.25) is 0 Å². The van der Waals surface area contributed by atoms with Crippen molar-refractivity contribution >= 4 is 0 Å². The maximum absolute atomic E-state index is 5.38. The van der Waals surface area contributed by atoms with E-state index in [9.17, 15) is 0 Å². The van der Waals surface area contributed by atoms with Crippen molar-refractivity contribution in [1.82, 2.24) is 5.43 Å². The van der Waals surface area contributed by atoms with Crippen LogP contribution < -0.4 is 11.3 Å². The minimum Gasteiger partial charge on any atom is -0.472 e. The van der Waals surface area contributed by atoms with Crippen LogP contribution in [-0.2, 0) is 4.74 Å². The third kappa shape index (κ3) is 3.18. The largest absolute Gasteiger partial charge is 0.472 e. The average Bonchev–Trinajstić information content (AvgIpc) is 2.65. The standard InChI is InChI=1S/C9H16N2O2/c1-2-4-12-7-9(11-10)8-3-5-13-6-8/h3,5-6,9,11H,2,4,7,10H2,1H3. The lowest BCUT2D eigenvalue weighted by Crippen LogP contribution is -2.31. The molecule has 3 N–H and O–H groups in total. The van der Waals surface area contributed by atoms with E-state index in [-0.39, 0.29) is 6.04 Å². The Morgan fingerprint density at radius 1 is 1.69 bits per heavy atom. The minimum absolute atomic E-state index is 0.0188. The van der Waals surface area contributed by atoms with Crippen LogP contribution in [0, 0.1) is 0 Å². The van der Waals surface area contributed by atoms with E-state index >= 15 is 0 Å². The Balaban J connectivity index is 2.35. The van der Waals surface area contributed by atoms with Crippen LogP contribution in [0.5, 0.6) is 0 Å². The number of nitrogens with two attached hydrogens (primary N) is 1. The smallest absolute Gasteiger partial charge is 0.0951 e. The van der Waals surface area contributed by atoms with Gasteiger partial charge in [0.2, 0.25) is 0 Å². The molecule has 1 aromatic rings. The molecule has 74 valence electrons. The highest BCUT2D eigenvalue weighted by Gasteiger charge is 2.09. The van der Waals surface area contributed by atoms with E-state index in [2.05, 4.69) is 12.3 Å². The molecule has 0 bridgehead atoms. The van der Waals surface area contributed by atoms with Crippen molar-refractivity contribution in [1.29, 1.82) is 0 Å². The predicted octanol–water partition coefficient (Wildman–Crippen LogP) is 1.21. The lowest BCUT2D eigenvalue weighted by atomic mass is 10.2. The summed E-state index contributed by atoms with van der Waals surface area (Å²) < 4.78 is 10.3. The quantitative estimate of drug-likeness (QED) is 0.396. The molecule has 0 fully saturated rings. The minimum atomic E-state index is 0.0188. The second kappa shape index (κ2) is 5.75. The van der Waals surface area contributed by atoms with Crippen LogP contribution >= 0.6 is 0 Å². The topological polar surface area (TPSA) is 60.4 Å². The second-order valence-corrected chi connectivity index (χ2v) is 2.85. The summed E-state index contributed by atoms with van der Waals surface area (Å²) in [7, 11) is 0. The highest BCUT2D eigenvalue weighted by Crippen LogP contribution is 2.12. The van der Waals surface area contributed by atoms with Crippen molar-refractivity contribution in [3.05, 3.63) is 24.2 Å². The van der Waals surface area contributed by atoms with Crippen molar-refractivity contribution in [2.24, 2.45) is 5.84 Å². The van der Waals surface area contributed by atoms with Crippen LogP contribution in [0.15, 0.2) is 23.0 Å². The summed E-state index contributed by atoms with van der Waals surface area (Å²) in [6.07, 6.45) is 4.31. The molecule has 0 aliphatic heterocycles. The highest BCUT2D eigenvalue weighted by atomic mass is 16.5. The van der Waals surface area contributed by atoms with Crippen LogP contribution in [-0.4, -0.2) is 13.2 Å². The van der Waals surface area contributed by atoms with Crippen molar-refractivity contribution in [3.8, 4) is 0 Å². The molecule has 0 amide bonds. The van der Waals surface area contributed by atoms with E-state index < -0.39 is 0 Å². The maximum atomic E-state index is 5.38. The molecular weight excluding hydrogens is 168 g/mol. The summed E-state index contributed by atoms with van der Waals surface area (Å²) in [6.45, 7) is 3.41. The molecule has 1 atom stereocenters. The van der Waals surface area contributed by atoms with Gasteiger partial charge in [0.25, 0.3) is 0 Å². The van der Waals surface area contributed by atoms with E-state index in [0.717, 1.165) is 18.6 Å². The molecule has 0 saturated carbocycles. The number of rotatable bonds is 6. The molecule has 1 rings (SSSR count). The third-order valence-electron chi connectivity index (χ3n) is 1.78. The molecule has 1 aromatic heterocycles. The van der Waals surface area contributed by atoms with Gasteiger partial charge in [0.15, 0.2) is 0 Å². The molecule has 13 heavy (non-hydrogen) atoms. The molecule has 0 spiro atoms. The Morgan fingerprint density at radius 2 is 2.54 bits per heavy atom. The zero-order valence-electron chi connectivity index (χ0n) is 7.82. The molecule has 4 heteroatoms. The van der Waals surface area contributed by atoms with Crippen LogP contribution in [0.4, 0.5) is 0 Å². The average molecular weight is 184 g/mol. The van der Waals surface area contributed by atoms with Gasteiger partial charge in [-0.05, 0) is 12.5 Å². The van der Waals surface area contributed by atoms with Crippen molar-refractivity contribution in [2.45, 2.75) is 19.4 Å². The Kier molecular flexibility index (Phi) is 4.53. The first-order chi connectivity index (χ1) is 6.38. The van der Waals surface area contributed by atoms with Gasteiger partial charge >= 0.3 is 0 Å². The zero-order valence-corrected chi connectivity index (χ0v) is 7.82. The lowest BCUT2D eigenvalue weighted by molar-refractivity contribution is 0.112. The summed E-state index contributed by atoms with van der Waals surface area (Å²) in [6, 6.07) is 1.89. The third-order valence-corrected chi connectivity index (χ3v) is 1.78. The summed E-state index contributed by atoms with van der Waals surface area (Å²) >= 11 is 0. The molecule has 0 aliphatic rings. The van der Waals surface area contributed by atoms with Gasteiger partial charge in [-0.25, -0.2) is 0 Å². The first kappa shape index (κ1) is 10.2. The first-order valence-electron chi connectivity index (χ1n) is 4.44. The summed E-state index contributed by atoms with van der Waals surface area (Å²) in [5, 5.41) is 0. The molecular formula is C9H16N2O2. The highest BCUT2D eigenvalue weighted by molar-refractivity contribution is 5.10. The van der Waals surface area contributed by atoms with Crippen LogP contribution in [0.1, 0.15) is 24.9 Å².